The van der Waals surface area contributed by atoms with Crippen molar-refractivity contribution in [2.75, 3.05) is 10.6 Å². The molecular weight excluding hydrogens is 385 g/mol. The number of carbonyl (C=O) groups is 2. The quantitative estimate of drug-likeness (QED) is 0.590. The number of amides is 2. The van der Waals surface area contributed by atoms with Crippen molar-refractivity contribution in [1.82, 2.24) is 4.98 Å². The molecule has 5 nitrogen and oxygen atoms in total. The maximum Gasteiger partial charge on any atom is 0.258 e. The van der Waals surface area contributed by atoms with E-state index in [4.69, 9.17) is 0 Å². The van der Waals surface area contributed by atoms with Crippen molar-refractivity contribution in [2.24, 2.45) is 0 Å². The lowest BCUT2D eigenvalue weighted by molar-refractivity contribution is -0.115. The molecule has 1 heterocycles. The minimum Gasteiger partial charge on any atom is -0.322 e. The van der Waals surface area contributed by atoms with Gasteiger partial charge in [-0.1, -0.05) is 18.2 Å². The summed E-state index contributed by atoms with van der Waals surface area (Å²) in [6, 6.07) is 12.9. The number of nitrogens with one attached hydrogen (secondary N) is 2. The standard InChI is InChI=1S/C19H16FN3O2S2/c1-12(17(24)23-19-21-9-10-26-19)27-14-6-4-5-13(11-14)22-18(25)15-7-2-3-8-16(15)20/h2-12H,1H3,(H,22,25)(H,21,23,24). The van der Waals surface area contributed by atoms with Crippen LogP contribution >= 0.6 is 23.1 Å². The van der Waals surface area contributed by atoms with Crippen LogP contribution in [-0.4, -0.2) is 22.0 Å². The van der Waals surface area contributed by atoms with E-state index in [1.54, 1.807) is 42.8 Å². The van der Waals surface area contributed by atoms with Gasteiger partial charge in [-0.25, -0.2) is 9.37 Å². The summed E-state index contributed by atoms with van der Waals surface area (Å²) in [7, 11) is 0. The summed E-state index contributed by atoms with van der Waals surface area (Å²) < 4.78 is 13.7. The van der Waals surface area contributed by atoms with Gasteiger partial charge in [-0.15, -0.1) is 23.1 Å². The molecule has 8 heteroatoms. The van der Waals surface area contributed by atoms with E-state index in [2.05, 4.69) is 15.6 Å². The number of rotatable bonds is 6. The van der Waals surface area contributed by atoms with Crippen LogP contribution in [0.2, 0.25) is 0 Å². The zero-order valence-corrected chi connectivity index (χ0v) is 15.9. The average Bonchev–Trinajstić information content (AvgIpc) is 3.15. The van der Waals surface area contributed by atoms with Gasteiger partial charge >= 0.3 is 0 Å². The van der Waals surface area contributed by atoms with Gasteiger partial charge in [-0.2, -0.15) is 0 Å². The van der Waals surface area contributed by atoms with Crippen LogP contribution in [0.15, 0.2) is 65.0 Å². The van der Waals surface area contributed by atoms with E-state index in [0.29, 0.717) is 10.8 Å². The number of thioether (sulfide) groups is 1. The smallest absolute Gasteiger partial charge is 0.258 e. The number of nitrogens with zero attached hydrogens (tertiary/aromatic N) is 1. The highest BCUT2D eigenvalue weighted by Crippen LogP contribution is 2.27. The van der Waals surface area contributed by atoms with Crippen LogP contribution < -0.4 is 10.6 Å². The van der Waals surface area contributed by atoms with E-state index in [-0.39, 0.29) is 16.7 Å². The molecule has 1 unspecified atom stereocenters. The Bertz CT molecular complexity index is 948. The number of benzene rings is 2. The first-order chi connectivity index (χ1) is 13.0. The average molecular weight is 401 g/mol. The fraction of sp³-hybridized carbons (Fsp3) is 0.105. The van der Waals surface area contributed by atoms with Crippen LogP contribution in [0.4, 0.5) is 15.2 Å². The summed E-state index contributed by atoms with van der Waals surface area (Å²) in [5.41, 5.74) is 0.507. The van der Waals surface area contributed by atoms with Gasteiger partial charge in [0.15, 0.2) is 5.13 Å². The summed E-state index contributed by atoms with van der Waals surface area (Å²) >= 11 is 2.71. The Morgan fingerprint density at radius 3 is 2.70 bits per heavy atom. The molecule has 0 bridgehead atoms. The zero-order valence-electron chi connectivity index (χ0n) is 14.3. The minimum absolute atomic E-state index is 0.0215. The van der Waals surface area contributed by atoms with Crippen molar-refractivity contribution < 1.29 is 14.0 Å². The van der Waals surface area contributed by atoms with Crippen molar-refractivity contribution in [3.05, 3.63) is 71.5 Å². The third-order valence-corrected chi connectivity index (χ3v) is 5.34. The molecule has 0 fully saturated rings. The van der Waals surface area contributed by atoms with Crippen LogP contribution in [0.3, 0.4) is 0 Å². The first-order valence-corrected chi connectivity index (χ1v) is 9.82. The fourth-order valence-corrected chi connectivity index (χ4v) is 3.70. The fourth-order valence-electron chi connectivity index (χ4n) is 2.24. The van der Waals surface area contributed by atoms with Crippen molar-refractivity contribution >= 4 is 45.7 Å². The molecule has 27 heavy (non-hydrogen) atoms. The Balaban J connectivity index is 1.64. The molecule has 2 amide bonds. The lowest BCUT2D eigenvalue weighted by Crippen LogP contribution is -2.22. The summed E-state index contributed by atoms with van der Waals surface area (Å²) in [4.78, 5) is 29.3. The van der Waals surface area contributed by atoms with Crippen molar-refractivity contribution in [2.45, 2.75) is 17.1 Å². The Labute approximate surface area is 164 Å². The Morgan fingerprint density at radius 2 is 1.96 bits per heavy atom. The van der Waals surface area contributed by atoms with Crippen LogP contribution in [0.25, 0.3) is 0 Å². The predicted molar refractivity (Wildman–Crippen MR) is 107 cm³/mol. The number of aromatic nitrogens is 1. The van der Waals surface area contributed by atoms with Crippen LogP contribution in [0, 0.1) is 5.82 Å². The highest BCUT2D eigenvalue weighted by molar-refractivity contribution is 8.00. The number of anilines is 2. The van der Waals surface area contributed by atoms with E-state index in [0.717, 1.165) is 4.90 Å². The molecule has 3 aromatic rings. The van der Waals surface area contributed by atoms with Gasteiger partial charge in [-0.05, 0) is 37.3 Å². The highest BCUT2D eigenvalue weighted by Gasteiger charge is 2.16. The second-order valence-electron chi connectivity index (χ2n) is 5.55. The van der Waals surface area contributed by atoms with E-state index in [1.807, 2.05) is 6.07 Å². The van der Waals surface area contributed by atoms with Crippen molar-refractivity contribution in [1.29, 1.82) is 0 Å². The monoisotopic (exact) mass is 401 g/mol. The maximum atomic E-state index is 13.7. The zero-order chi connectivity index (χ0) is 19.2. The van der Waals surface area contributed by atoms with E-state index in [9.17, 15) is 14.0 Å². The van der Waals surface area contributed by atoms with Gasteiger partial charge in [-0.3, -0.25) is 9.59 Å². The summed E-state index contributed by atoms with van der Waals surface area (Å²) in [5, 5.41) is 7.42. The first kappa shape index (κ1) is 19.1. The SMILES string of the molecule is CC(Sc1cccc(NC(=O)c2ccccc2F)c1)C(=O)Nc1nccs1. The van der Waals surface area contributed by atoms with Crippen LogP contribution in [0.5, 0.6) is 0 Å². The third-order valence-electron chi connectivity index (χ3n) is 3.55. The second kappa shape index (κ2) is 8.79. The molecular formula is C19H16FN3O2S2. The van der Waals surface area contributed by atoms with E-state index in [1.165, 1.54) is 41.3 Å². The molecule has 3 rings (SSSR count). The molecule has 138 valence electrons. The van der Waals surface area contributed by atoms with Gasteiger partial charge in [0.25, 0.3) is 5.91 Å². The van der Waals surface area contributed by atoms with Crippen molar-refractivity contribution in [3.8, 4) is 0 Å². The number of hydrogen-bond donors (Lipinski definition) is 2. The molecule has 1 atom stereocenters. The Kier molecular flexibility index (Phi) is 6.20. The largest absolute Gasteiger partial charge is 0.322 e. The van der Waals surface area contributed by atoms with Crippen LogP contribution in [0.1, 0.15) is 17.3 Å². The third kappa shape index (κ3) is 5.15. The number of carbonyl (C=O) groups excluding carboxylic acids is 2. The van der Waals surface area contributed by atoms with Gasteiger partial charge in [0.05, 0.1) is 10.8 Å². The van der Waals surface area contributed by atoms with Gasteiger partial charge in [0.1, 0.15) is 5.82 Å². The van der Waals surface area contributed by atoms with Crippen molar-refractivity contribution in [3.63, 3.8) is 0 Å². The van der Waals surface area contributed by atoms with E-state index < -0.39 is 11.7 Å². The maximum absolute atomic E-state index is 13.7. The normalized spacial score (nSPS) is 11.6. The predicted octanol–water partition coefficient (Wildman–Crippen LogP) is 4.65. The Hall–Kier alpha value is -2.71. The van der Waals surface area contributed by atoms with E-state index >= 15 is 0 Å². The minimum atomic E-state index is -0.576. The number of halogens is 1. The summed E-state index contributed by atoms with van der Waals surface area (Å²) in [6.07, 6.45) is 1.62. The molecule has 0 spiro atoms. The molecule has 0 saturated carbocycles. The van der Waals surface area contributed by atoms with Gasteiger partial charge in [0, 0.05) is 22.2 Å². The molecule has 0 radical (unpaired) electrons. The second-order valence-corrected chi connectivity index (χ2v) is 7.86. The molecule has 2 aromatic carbocycles. The molecule has 0 aliphatic rings. The lowest BCUT2D eigenvalue weighted by Gasteiger charge is -2.12. The topological polar surface area (TPSA) is 71.1 Å². The first-order valence-electron chi connectivity index (χ1n) is 8.06. The highest BCUT2D eigenvalue weighted by atomic mass is 32.2. The molecule has 1 aromatic heterocycles. The molecule has 0 aliphatic heterocycles. The lowest BCUT2D eigenvalue weighted by atomic mass is 10.2. The summed E-state index contributed by atoms with van der Waals surface area (Å²) in [6.45, 7) is 1.79. The Morgan fingerprint density at radius 1 is 1.15 bits per heavy atom. The molecule has 2 N–H and O–H groups in total. The molecule has 0 saturated heterocycles. The summed E-state index contributed by atoms with van der Waals surface area (Å²) in [5.74, 6) is -1.26. The molecule has 0 aliphatic carbocycles. The number of thiazole rings is 1. The van der Waals surface area contributed by atoms with Crippen LogP contribution in [-0.2, 0) is 4.79 Å². The van der Waals surface area contributed by atoms with Gasteiger partial charge < -0.3 is 10.6 Å². The number of hydrogen-bond acceptors (Lipinski definition) is 5. The van der Waals surface area contributed by atoms with Gasteiger partial charge in [0.2, 0.25) is 5.91 Å².